The molecule has 8 heteroatoms. The van der Waals surface area contributed by atoms with E-state index < -0.39 is 0 Å². The molecule has 0 aliphatic heterocycles. The third-order valence-electron chi connectivity index (χ3n) is 4.12. The van der Waals surface area contributed by atoms with Crippen LogP contribution in [0.1, 0.15) is 18.2 Å². The molecule has 3 aromatic heterocycles. The van der Waals surface area contributed by atoms with Gasteiger partial charge in [0.05, 0.1) is 5.69 Å². The highest BCUT2D eigenvalue weighted by atomic mass is 32.2. The number of thioether (sulfide) groups is 1. The summed E-state index contributed by atoms with van der Waals surface area (Å²) in [6.45, 7) is 4.93. The van der Waals surface area contributed by atoms with Crippen molar-refractivity contribution < 1.29 is 0 Å². The Morgan fingerprint density at radius 3 is 2.88 bits per heavy atom. The zero-order valence-corrected chi connectivity index (χ0v) is 16.0. The van der Waals surface area contributed by atoms with Crippen molar-refractivity contribution in [2.75, 3.05) is 0 Å². The number of benzene rings is 1. The largest absolute Gasteiger partial charge is 0.302 e. The molecule has 1 aromatic carbocycles. The lowest BCUT2D eigenvalue weighted by atomic mass is 10.1. The average molecular weight is 384 g/mol. The maximum atomic E-state index is 12.1. The lowest BCUT2D eigenvalue weighted by Crippen LogP contribution is -2.12. The third-order valence-corrected chi connectivity index (χ3v) is 5.88. The van der Waals surface area contributed by atoms with E-state index in [-0.39, 0.29) is 5.56 Å². The number of rotatable bonds is 5. The Kier molecular flexibility index (Phi) is 4.60. The fraction of sp³-hybridized carbons (Fsp3) is 0.222. The van der Waals surface area contributed by atoms with E-state index in [1.807, 2.05) is 17.5 Å². The van der Waals surface area contributed by atoms with Crippen molar-refractivity contribution in [2.45, 2.75) is 31.3 Å². The Hall–Kier alpha value is -2.45. The highest BCUT2D eigenvalue weighted by Gasteiger charge is 2.15. The highest BCUT2D eigenvalue weighted by Crippen LogP contribution is 2.27. The van der Waals surface area contributed by atoms with Gasteiger partial charge in [-0.25, -0.2) is 4.98 Å². The second-order valence-electron chi connectivity index (χ2n) is 5.80. The van der Waals surface area contributed by atoms with Crippen molar-refractivity contribution in [1.82, 2.24) is 24.1 Å². The minimum absolute atomic E-state index is 0.0515. The van der Waals surface area contributed by atoms with E-state index >= 15 is 0 Å². The monoisotopic (exact) mass is 383 g/mol. The molecule has 0 unspecified atom stereocenters. The molecule has 3 heterocycles. The molecule has 0 atom stereocenters. The fourth-order valence-corrected chi connectivity index (χ4v) is 4.44. The molecule has 0 aliphatic rings. The first-order valence-corrected chi connectivity index (χ1v) is 10.1. The van der Waals surface area contributed by atoms with Crippen LogP contribution in [0.3, 0.4) is 0 Å². The summed E-state index contributed by atoms with van der Waals surface area (Å²) in [6, 6.07) is 9.75. The van der Waals surface area contributed by atoms with E-state index in [0.717, 1.165) is 28.8 Å². The molecule has 0 bridgehead atoms. The van der Waals surface area contributed by atoms with Gasteiger partial charge >= 0.3 is 0 Å². The van der Waals surface area contributed by atoms with Crippen LogP contribution in [0.4, 0.5) is 0 Å². The smallest absolute Gasteiger partial charge is 0.258 e. The molecule has 0 N–H and O–H groups in total. The SMILES string of the molecule is CCn1c(SCc2cc(=O)n3ccsc3n2)nnc1-c1ccccc1C. The van der Waals surface area contributed by atoms with Gasteiger partial charge in [0.15, 0.2) is 15.9 Å². The molecule has 0 saturated carbocycles. The van der Waals surface area contributed by atoms with Crippen molar-refractivity contribution >= 4 is 28.1 Å². The second-order valence-corrected chi connectivity index (χ2v) is 7.61. The molecule has 0 amide bonds. The summed E-state index contributed by atoms with van der Waals surface area (Å²) >= 11 is 3.01. The zero-order valence-electron chi connectivity index (χ0n) is 14.4. The summed E-state index contributed by atoms with van der Waals surface area (Å²) in [6.07, 6.45) is 1.74. The molecule has 0 radical (unpaired) electrons. The van der Waals surface area contributed by atoms with Crippen molar-refractivity contribution in [1.29, 1.82) is 0 Å². The third kappa shape index (κ3) is 3.06. The summed E-state index contributed by atoms with van der Waals surface area (Å²) in [7, 11) is 0. The minimum atomic E-state index is -0.0515. The van der Waals surface area contributed by atoms with E-state index in [1.165, 1.54) is 16.9 Å². The van der Waals surface area contributed by atoms with Crippen LogP contribution in [-0.2, 0) is 12.3 Å². The number of hydrogen-bond donors (Lipinski definition) is 0. The predicted molar refractivity (Wildman–Crippen MR) is 105 cm³/mol. The quantitative estimate of drug-likeness (QED) is 0.492. The summed E-state index contributed by atoms with van der Waals surface area (Å²) in [5.41, 5.74) is 2.96. The van der Waals surface area contributed by atoms with Gasteiger partial charge in [-0.05, 0) is 19.4 Å². The molecule has 0 saturated heterocycles. The van der Waals surface area contributed by atoms with Gasteiger partial charge in [-0.1, -0.05) is 36.0 Å². The topological polar surface area (TPSA) is 65.1 Å². The Bertz CT molecular complexity index is 1130. The van der Waals surface area contributed by atoms with Crippen LogP contribution in [0, 0.1) is 6.92 Å². The summed E-state index contributed by atoms with van der Waals surface area (Å²) in [4.78, 5) is 17.4. The van der Waals surface area contributed by atoms with Gasteiger partial charge in [0.1, 0.15) is 0 Å². The molecule has 0 spiro atoms. The number of thiazole rings is 1. The van der Waals surface area contributed by atoms with Gasteiger partial charge in [-0.2, -0.15) is 0 Å². The Morgan fingerprint density at radius 2 is 2.08 bits per heavy atom. The maximum absolute atomic E-state index is 12.1. The predicted octanol–water partition coefficient (Wildman–Crippen LogP) is 3.64. The Morgan fingerprint density at radius 1 is 1.23 bits per heavy atom. The maximum Gasteiger partial charge on any atom is 0.258 e. The van der Waals surface area contributed by atoms with Crippen LogP contribution in [0.25, 0.3) is 16.3 Å². The Labute approximate surface area is 158 Å². The van der Waals surface area contributed by atoms with Gasteiger partial charge in [0, 0.05) is 35.5 Å². The van der Waals surface area contributed by atoms with Crippen molar-refractivity contribution in [3.05, 3.63) is 63.5 Å². The van der Waals surface area contributed by atoms with Crippen LogP contribution in [-0.4, -0.2) is 24.1 Å². The van der Waals surface area contributed by atoms with Crippen LogP contribution in [0.15, 0.2) is 51.9 Å². The van der Waals surface area contributed by atoms with E-state index in [0.29, 0.717) is 10.7 Å². The molecular formula is C18H17N5OS2. The average Bonchev–Trinajstić information content (AvgIpc) is 3.27. The number of hydrogen-bond acceptors (Lipinski definition) is 6. The van der Waals surface area contributed by atoms with Crippen molar-refractivity contribution in [3.63, 3.8) is 0 Å². The molecule has 0 aliphatic carbocycles. The van der Waals surface area contributed by atoms with Gasteiger partial charge in [-0.15, -0.1) is 21.5 Å². The minimum Gasteiger partial charge on any atom is -0.302 e. The first kappa shape index (κ1) is 17.0. The normalized spacial score (nSPS) is 11.3. The summed E-state index contributed by atoms with van der Waals surface area (Å²) in [5.74, 6) is 1.45. The van der Waals surface area contributed by atoms with Crippen molar-refractivity contribution in [3.8, 4) is 11.4 Å². The number of aryl methyl sites for hydroxylation is 1. The molecule has 6 nitrogen and oxygen atoms in total. The highest BCUT2D eigenvalue weighted by molar-refractivity contribution is 7.98. The number of aromatic nitrogens is 5. The molecular weight excluding hydrogens is 366 g/mol. The molecule has 26 heavy (non-hydrogen) atoms. The number of nitrogens with zero attached hydrogens (tertiary/aromatic N) is 5. The molecule has 0 fully saturated rings. The van der Waals surface area contributed by atoms with Gasteiger partial charge in [0.25, 0.3) is 5.56 Å². The summed E-state index contributed by atoms with van der Waals surface area (Å²) < 4.78 is 3.66. The Balaban J connectivity index is 1.62. The van der Waals surface area contributed by atoms with Crippen LogP contribution < -0.4 is 5.56 Å². The molecule has 4 aromatic rings. The van der Waals surface area contributed by atoms with Gasteiger partial charge in [0.2, 0.25) is 0 Å². The van der Waals surface area contributed by atoms with E-state index in [4.69, 9.17) is 0 Å². The van der Waals surface area contributed by atoms with E-state index in [1.54, 1.807) is 28.4 Å². The van der Waals surface area contributed by atoms with Crippen LogP contribution in [0.2, 0.25) is 0 Å². The lowest BCUT2D eigenvalue weighted by molar-refractivity contribution is 0.687. The van der Waals surface area contributed by atoms with Gasteiger partial charge < -0.3 is 4.57 Å². The molecule has 4 rings (SSSR count). The fourth-order valence-electron chi connectivity index (χ4n) is 2.80. The van der Waals surface area contributed by atoms with Crippen molar-refractivity contribution in [2.24, 2.45) is 0 Å². The second kappa shape index (κ2) is 7.05. The van der Waals surface area contributed by atoms with Crippen LogP contribution in [0.5, 0.6) is 0 Å². The molecule has 132 valence electrons. The first-order valence-electron chi connectivity index (χ1n) is 8.25. The standard InChI is InChI=1S/C18H17N5OS2/c1-3-22-16(14-7-5-4-6-12(14)2)20-21-18(22)26-11-13-10-15(24)23-8-9-25-17(23)19-13/h4-10H,3,11H2,1-2H3. The van der Waals surface area contributed by atoms with E-state index in [9.17, 15) is 4.79 Å². The van der Waals surface area contributed by atoms with Crippen LogP contribution >= 0.6 is 23.1 Å². The lowest BCUT2D eigenvalue weighted by Gasteiger charge is -2.09. The van der Waals surface area contributed by atoms with E-state index in [2.05, 4.69) is 45.7 Å². The summed E-state index contributed by atoms with van der Waals surface area (Å²) in [5, 5.41) is 11.5. The van der Waals surface area contributed by atoms with Gasteiger partial charge in [-0.3, -0.25) is 9.20 Å². The number of fused-ring (bicyclic) bond motifs is 1. The first-order chi connectivity index (χ1) is 12.7. The zero-order chi connectivity index (χ0) is 18.1.